The molecule has 142 valence electrons. The number of nitrogens with zero attached hydrogens (tertiary/aromatic N) is 1. The molecule has 0 aromatic heterocycles. The summed E-state index contributed by atoms with van der Waals surface area (Å²) in [5.74, 6) is 0.0525. The van der Waals surface area contributed by atoms with Crippen LogP contribution in [-0.2, 0) is 11.2 Å². The monoisotopic (exact) mass is 367 g/mol. The number of nitrogens with one attached hydrogen (secondary N) is 1. The Morgan fingerprint density at radius 1 is 1.11 bits per heavy atom. The van der Waals surface area contributed by atoms with Gasteiger partial charge in [-0.2, -0.15) is 0 Å². The zero-order valence-electron chi connectivity index (χ0n) is 15.5. The van der Waals surface area contributed by atoms with E-state index in [1.54, 1.807) is 19.2 Å². The van der Waals surface area contributed by atoms with Crippen molar-refractivity contribution >= 4 is 23.2 Å². The number of ether oxygens (including phenoxy) is 1. The minimum atomic E-state index is -0.511. The van der Waals surface area contributed by atoms with Crippen molar-refractivity contribution in [1.29, 1.82) is 0 Å². The topological polar surface area (TPSA) is 84.7 Å². The lowest BCUT2D eigenvalue weighted by atomic mass is 10.1. The van der Waals surface area contributed by atoms with Gasteiger partial charge in [0.1, 0.15) is 5.75 Å². The molecule has 0 bridgehead atoms. The third-order valence-electron chi connectivity index (χ3n) is 4.75. The average molecular weight is 367 g/mol. The summed E-state index contributed by atoms with van der Waals surface area (Å²) in [6.07, 6.45) is 3.67. The molecule has 27 heavy (non-hydrogen) atoms. The summed E-state index contributed by atoms with van der Waals surface area (Å²) in [6.45, 7) is 1.88. The highest BCUT2D eigenvalue weighted by Gasteiger charge is 2.17. The van der Waals surface area contributed by atoms with Crippen LogP contribution in [0.2, 0.25) is 0 Å². The van der Waals surface area contributed by atoms with Crippen molar-refractivity contribution in [2.75, 3.05) is 30.4 Å². The summed E-state index contributed by atoms with van der Waals surface area (Å²) in [6, 6.07) is 12.7. The number of hydrogen-bond donors (Lipinski definition) is 2. The Bertz CT molecular complexity index is 829. The van der Waals surface area contributed by atoms with Crippen LogP contribution < -0.4 is 20.7 Å². The highest BCUT2D eigenvalue weighted by molar-refractivity contribution is 5.99. The molecule has 1 fully saturated rings. The van der Waals surface area contributed by atoms with Crippen LogP contribution >= 0.6 is 0 Å². The van der Waals surface area contributed by atoms with Gasteiger partial charge in [-0.3, -0.25) is 9.59 Å². The second-order valence-corrected chi connectivity index (χ2v) is 6.72. The molecule has 6 nitrogen and oxygen atoms in total. The Hall–Kier alpha value is -3.02. The summed E-state index contributed by atoms with van der Waals surface area (Å²) in [5.41, 5.74) is 8.21. The fourth-order valence-electron chi connectivity index (χ4n) is 3.36. The van der Waals surface area contributed by atoms with Crippen LogP contribution in [0.5, 0.6) is 5.75 Å². The number of methoxy groups -OCH3 is 1. The molecule has 2 aromatic rings. The summed E-state index contributed by atoms with van der Waals surface area (Å²) in [7, 11) is 1.60. The zero-order chi connectivity index (χ0) is 19.2. The minimum absolute atomic E-state index is 0.150. The standard InChI is InChI=1S/C21H25N3O3/c1-27-17-7-5-6-15(12-17)13-20(25)23-18-14-16(21(22)26)8-9-19(18)24-10-3-2-4-11-24/h5-9,12,14H,2-4,10-11,13H2,1H3,(H2,22,26)(H,23,25). The second-order valence-electron chi connectivity index (χ2n) is 6.72. The first kappa shape index (κ1) is 18.8. The maximum atomic E-state index is 12.6. The first-order valence-corrected chi connectivity index (χ1v) is 9.18. The molecular formula is C21H25N3O3. The highest BCUT2D eigenvalue weighted by atomic mass is 16.5. The van der Waals surface area contributed by atoms with Crippen molar-refractivity contribution in [3.05, 3.63) is 53.6 Å². The van der Waals surface area contributed by atoms with E-state index >= 15 is 0 Å². The van der Waals surface area contributed by atoms with Crippen molar-refractivity contribution in [1.82, 2.24) is 0 Å². The Labute approximate surface area is 159 Å². The first-order chi connectivity index (χ1) is 13.1. The smallest absolute Gasteiger partial charge is 0.248 e. The summed E-state index contributed by atoms with van der Waals surface area (Å²) < 4.78 is 5.21. The number of benzene rings is 2. The lowest BCUT2D eigenvalue weighted by molar-refractivity contribution is -0.115. The molecule has 0 aliphatic carbocycles. The molecule has 6 heteroatoms. The third kappa shape index (κ3) is 4.78. The predicted octanol–water partition coefficient (Wildman–Crippen LogP) is 2.97. The molecule has 1 saturated heterocycles. The summed E-state index contributed by atoms with van der Waals surface area (Å²) in [5, 5.41) is 2.96. The lowest BCUT2D eigenvalue weighted by Gasteiger charge is -2.30. The van der Waals surface area contributed by atoms with Gasteiger partial charge in [-0.25, -0.2) is 0 Å². The highest BCUT2D eigenvalue weighted by Crippen LogP contribution is 2.30. The number of nitrogens with two attached hydrogens (primary N) is 1. The van der Waals surface area contributed by atoms with Crippen molar-refractivity contribution in [2.24, 2.45) is 5.73 Å². The molecule has 1 aliphatic rings. The molecule has 0 atom stereocenters. The molecule has 2 aromatic carbocycles. The average Bonchev–Trinajstić information content (AvgIpc) is 2.68. The number of primary amides is 1. The molecular weight excluding hydrogens is 342 g/mol. The SMILES string of the molecule is COc1cccc(CC(=O)Nc2cc(C(N)=O)ccc2N2CCCCC2)c1. The number of rotatable bonds is 6. The van der Waals surface area contributed by atoms with Crippen molar-refractivity contribution in [2.45, 2.75) is 25.7 Å². The zero-order valence-corrected chi connectivity index (χ0v) is 15.5. The number of amides is 2. The lowest BCUT2D eigenvalue weighted by Crippen LogP contribution is -2.30. The van der Waals surface area contributed by atoms with E-state index in [0.29, 0.717) is 17.0 Å². The van der Waals surface area contributed by atoms with Gasteiger partial charge in [0.2, 0.25) is 11.8 Å². The fourth-order valence-corrected chi connectivity index (χ4v) is 3.36. The maximum absolute atomic E-state index is 12.6. The molecule has 3 N–H and O–H groups in total. The van der Waals surface area contributed by atoms with Gasteiger partial charge in [-0.15, -0.1) is 0 Å². The fraction of sp³-hybridized carbons (Fsp3) is 0.333. The Kier molecular flexibility index (Phi) is 5.96. The molecule has 0 unspecified atom stereocenters. The molecule has 0 spiro atoms. The van der Waals surface area contributed by atoms with Gasteiger partial charge in [-0.1, -0.05) is 12.1 Å². The molecule has 2 amide bonds. The summed E-state index contributed by atoms with van der Waals surface area (Å²) >= 11 is 0. The van der Waals surface area contributed by atoms with E-state index in [2.05, 4.69) is 10.2 Å². The van der Waals surface area contributed by atoms with E-state index < -0.39 is 5.91 Å². The van der Waals surface area contributed by atoms with E-state index in [0.717, 1.165) is 37.2 Å². The van der Waals surface area contributed by atoms with Crippen LogP contribution in [0.1, 0.15) is 35.2 Å². The van der Waals surface area contributed by atoms with Crippen LogP contribution in [0.25, 0.3) is 0 Å². The molecule has 1 aliphatic heterocycles. The van der Waals surface area contributed by atoms with Gasteiger partial charge in [0.15, 0.2) is 0 Å². The van der Waals surface area contributed by atoms with Crippen LogP contribution in [0.3, 0.4) is 0 Å². The first-order valence-electron chi connectivity index (χ1n) is 9.18. The van der Waals surface area contributed by atoms with Gasteiger partial charge in [0.25, 0.3) is 0 Å². The molecule has 1 heterocycles. The van der Waals surface area contributed by atoms with E-state index in [1.165, 1.54) is 6.42 Å². The van der Waals surface area contributed by atoms with Crippen LogP contribution in [0, 0.1) is 0 Å². The van der Waals surface area contributed by atoms with Crippen LogP contribution in [0.15, 0.2) is 42.5 Å². The van der Waals surface area contributed by atoms with Gasteiger partial charge in [-0.05, 0) is 55.2 Å². The van der Waals surface area contributed by atoms with Crippen molar-refractivity contribution < 1.29 is 14.3 Å². The Morgan fingerprint density at radius 3 is 2.59 bits per heavy atom. The number of hydrogen-bond acceptors (Lipinski definition) is 4. The Balaban J connectivity index is 1.81. The van der Waals surface area contributed by atoms with Crippen molar-refractivity contribution in [3.63, 3.8) is 0 Å². The van der Waals surface area contributed by atoms with Gasteiger partial charge in [0.05, 0.1) is 24.9 Å². The van der Waals surface area contributed by atoms with Gasteiger partial charge >= 0.3 is 0 Å². The predicted molar refractivity (Wildman–Crippen MR) is 106 cm³/mol. The second kappa shape index (κ2) is 8.58. The quantitative estimate of drug-likeness (QED) is 0.822. The Morgan fingerprint density at radius 2 is 1.89 bits per heavy atom. The molecule has 3 rings (SSSR count). The maximum Gasteiger partial charge on any atom is 0.248 e. The van der Waals surface area contributed by atoms with E-state index in [9.17, 15) is 9.59 Å². The van der Waals surface area contributed by atoms with Crippen LogP contribution in [-0.4, -0.2) is 32.0 Å². The van der Waals surface area contributed by atoms with Gasteiger partial charge in [0, 0.05) is 18.7 Å². The number of anilines is 2. The van der Waals surface area contributed by atoms with Crippen LogP contribution in [0.4, 0.5) is 11.4 Å². The van der Waals surface area contributed by atoms with E-state index in [-0.39, 0.29) is 12.3 Å². The molecule has 0 radical (unpaired) electrons. The van der Waals surface area contributed by atoms with Crippen molar-refractivity contribution in [3.8, 4) is 5.75 Å². The van der Waals surface area contributed by atoms with E-state index in [1.807, 2.05) is 30.3 Å². The van der Waals surface area contributed by atoms with E-state index in [4.69, 9.17) is 10.5 Å². The number of carbonyl (C=O) groups excluding carboxylic acids is 2. The number of carbonyl (C=O) groups is 2. The van der Waals surface area contributed by atoms with Gasteiger partial charge < -0.3 is 20.7 Å². The normalized spacial score (nSPS) is 13.9. The third-order valence-corrected chi connectivity index (χ3v) is 4.75. The largest absolute Gasteiger partial charge is 0.497 e. The summed E-state index contributed by atoms with van der Waals surface area (Å²) in [4.78, 5) is 26.4. The minimum Gasteiger partial charge on any atom is -0.497 e. The molecule has 0 saturated carbocycles. The number of piperidine rings is 1.